The molecule has 0 aliphatic heterocycles. The molecule has 0 spiro atoms. The molecule has 17 heavy (non-hydrogen) atoms. The van der Waals surface area contributed by atoms with E-state index in [2.05, 4.69) is 9.46 Å². The van der Waals surface area contributed by atoms with E-state index in [4.69, 9.17) is 5.73 Å². The van der Waals surface area contributed by atoms with Crippen LogP contribution in [-0.2, 0) is 19.6 Å². The van der Waals surface area contributed by atoms with Crippen LogP contribution in [0.4, 0.5) is 0 Å². The minimum absolute atomic E-state index is 0.255. The fourth-order valence-electron chi connectivity index (χ4n) is 2.18. The number of nitrogens with two attached hydrogens (primary N) is 1. The first-order valence-electron chi connectivity index (χ1n) is 5.75. The summed E-state index contributed by atoms with van der Waals surface area (Å²) in [5, 5.41) is 0. The van der Waals surface area contributed by atoms with Crippen LogP contribution in [0, 0.1) is 5.92 Å². The van der Waals surface area contributed by atoms with E-state index in [-0.39, 0.29) is 18.5 Å². The van der Waals surface area contributed by atoms with Crippen LogP contribution >= 0.6 is 0 Å². The summed E-state index contributed by atoms with van der Waals surface area (Å²) < 4.78 is 30.2. The number of hydrogen-bond acceptors (Lipinski definition) is 5. The SMILES string of the molecule is COC(=O)CS(=O)(=O)NC(CN)C1CCCC1. The molecule has 1 fully saturated rings. The topological polar surface area (TPSA) is 98.5 Å². The molecule has 1 atom stereocenters. The summed E-state index contributed by atoms with van der Waals surface area (Å²) in [6, 6.07) is -0.271. The maximum Gasteiger partial charge on any atom is 0.322 e. The van der Waals surface area contributed by atoms with Gasteiger partial charge in [-0.1, -0.05) is 12.8 Å². The molecule has 7 heteroatoms. The molecule has 100 valence electrons. The minimum atomic E-state index is -3.65. The number of nitrogens with one attached hydrogen (secondary N) is 1. The van der Waals surface area contributed by atoms with Gasteiger partial charge in [-0.3, -0.25) is 4.79 Å². The van der Waals surface area contributed by atoms with Gasteiger partial charge >= 0.3 is 5.97 Å². The fraction of sp³-hybridized carbons (Fsp3) is 0.900. The Kier molecular flexibility index (Phi) is 5.35. The molecule has 1 aliphatic carbocycles. The Morgan fingerprint density at radius 3 is 2.53 bits per heavy atom. The van der Waals surface area contributed by atoms with Gasteiger partial charge in [-0.2, -0.15) is 0 Å². The highest BCUT2D eigenvalue weighted by Gasteiger charge is 2.28. The summed E-state index contributed by atoms with van der Waals surface area (Å²) >= 11 is 0. The Hall–Kier alpha value is -0.660. The van der Waals surface area contributed by atoms with Crippen LogP contribution in [0.3, 0.4) is 0 Å². The molecule has 1 saturated carbocycles. The number of sulfonamides is 1. The molecule has 0 radical (unpaired) electrons. The second-order valence-corrected chi connectivity index (χ2v) is 6.09. The van der Waals surface area contributed by atoms with E-state index in [0.29, 0.717) is 0 Å². The monoisotopic (exact) mass is 264 g/mol. The van der Waals surface area contributed by atoms with Crippen molar-refractivity contribution in [3.05, 3.63) is 0 Å². The number of rotatable bonds is 6. The first kappa shape index (κ1) is 14.4. The van der Waals surface area contributed by atoms with Gasteiger partial charge in [0.1, 0.15) is 0 Å². The van der Waals surface area contributed by atoms with Crippen LogP contribution in [0.25, 0.3) is 0 Å². The predicted octanol–water partition coefficient (Wildman–Crippen LogP) is -0.404. The maximum absolute atomic E-state index is 11.7. The minimum Gasteiger partial charge on any atom is -0.468 e. The lowest BCUT2D eigenvalue weighted by Crippen LogP contribution is -2.46. The van der Waals surface area contributed by atoms with Crippen LogP contribution in [0.2, 0.25) is 0 Å². The lowest BCUT2D eigenvalue weighted by molar-refractivity contribution is -0.137. The van der Waals surface area contributed by atoms with E-state index in [9.17, 15) is 13.2 Å². The molecule has 0 aromatic rings. The molecule has 0 aromatic carbocycles. The Morgan fingerprint density at radius 2 is 2.06 bits per heavy atom. The number of esters is 1. The number of carbonyl (C=O) groups is 1. The zero-order valence-electron chi connectivity index (χ0n) is 10.0. The Bertz CT molecular complexity index is 349. The average molecular weight is 264 g/mol. The quantitative estimate of drug-likeness (QED) is 0.636. The molecule has 0 amide bonds. The highest BCUT2D eigenvalue weighted by atomic mass is 32.2. The van der Waals surface area contributed by atoms with E-state index in [0.717, 1.165) is 32.8 Å². The largest absolute Gasteiger partial charge is 0.468 e. The van der Waals surface area contributed by atoms with Crippen LogP contribution in [0.1, 0.15) is 25.7 Å². The van der Waals surface area contributed by atoms with Gasteiger partial charge in [0.15, 0.2) is 5.75 Å². The van der Waals surface area contributed by atoms with Gasteiger partial charge in [0.2, 0.25) is 10.0 Å². The lowest BCUT2D eigenvalue weighted by Gasteiger charge is -2.22. The first-order chi connectivity index (χ1) is 7.98. The second kappa shape index (κ2) is 6.32. The molecule has 1 unspecified atom stereocenters. The molecule has 6 nitrogen and oxygen atoms in total. The Balaban J connectivity index is 2.57. The van der Waals surface area contributed by atoms with Gasteiger partial charge in [0, 0.05) is 12.6 Å². The number of methoxy groups -OCH3 is 1. The fourth-order valence-corrected chi connectivity index (χ4v) is 3.44. The van der Waals surface area contributed by atoms with Crippen molar-refractivity contribution < 1.29 is 17.9 Å². The van der Waals surface area contributed by atoms with Crippen molar-refractivity contribution in [2.45, 2.75) is 31.7 Å². The van der Waals surface area contributed by atoms with E-state index in [1.54, 1.807) is 0 Å². The molecule has 0 saturated heterocycles. The van der Waals surface area contributed by atoms with Crippen LogP contribution < -0.4 is 10.5 Å². The van der Waals surface area contributed by atoms with Gasteiger partial charge in [-0.15, -0.1) is 0 Å². The highest BCUT2D eigenvalue weighted by Crippen LogP contribution is 2.27. The normalized spacial score (nSPS) is 19.2. The maximum atomic E-state index is 11.7. The third kappa shape index (κ3) is 4.61. The average Bonchev–Trinajstić information content (AvgIpc) is 2.78. The van der Waals surface area contributed by atoms with Crippen molar-refractivity contribution in [1.29, 1.82) is 0 Å². The number of carbonyl (C=O) groups excluding carboxylic acids is 1. The van der Waals surface area contributed by atoms with Crippen molar-refractivity contribution in [2.75, 3.05) is 19.4 Å². The molecule has 0 bridgehead atoms. The third-order valence-corrected chi connectivity index (χ3v) is 4.37. The smallest absolute Gasteiger partial charge is 0.322 e. The summed E-state index contributed by atoms with van der Waals surface area (Å²) in [6.07, 6.45) is 4.20. The van der Waals surface area contributed by atoms with E-state index < -0.39 is 21.7 Å². The molecular formula is C10H20N2O4S. The van der Waals surface area contributed by atoms with E-state index in [1.165, 1.54) is 0 Å². The predicted molar refractivity (Wildman–Crippen MR) is 63.7 cm³/mol. The van der Waals surface area contributed by atoms with Crippen molar-refractivity contribution in [3.8, 4) is 0 Å². The molecule has 3 N–H and O–H groups in total. The second-order valence-electron chi connectivity index (χ2n) is 4.34. The summed E-state index contributed by atoms with van der Waals surface area (Å²) in [5.74, 6) is -1.13. The van der Waals surface area contributed by atoms with Gasteiger partial charge in [-0.05, 0) is 18.8 Å². The third-order valence-electron chi connectivity index (χ3n) is 3.09. The summed E-state index contributed by atoms with van der Waals surface area (Å²) in [6.45, 7) is 0.255. The first-order valence-corrected chi connectivity index (χ1v) is 7.40. The zero-order valence-corrected chi connectivity index (χ0v) is 10.8. The summed E-state index contributed by atoms with van der Waals surface area (Å²) in [4.78, 5) is 10.9. The highest BCUT2D eigenvalue weighted by molar-refractivity contribution is 7.90. The molecular weight excluding hydrogens is 244 g/mol. The summed E-state index contributed by atoms with van der Waals surface area (Å²) in [5.41, 5.74) is 5.58. The summed E-state index contributed by atoms with van der Waals surface area (Å²) in [7, 11) is -2.48. The van der Waals surface area contributed by atoms with Crippen LogP contribution in [-0.4, -0.2) is 39.8 Å². The molecule has 0 heterocycles. The zero-order chi connectivity index (χ0) is 12.9. The van der Waals surface area contributed by atoms with Crippen LogP contribution in [0.15, 0.2) is 0 Å². The van der Waals surface area contributed by atoms with Crippen molar-refractivity contribution in [2.24, 2.45) is 11.7 Å². The Labute approximate surface area is 102 Å². The number of hydrogen-bond donors (Lipinski definition) is 2. The van der Waals surface area contributed by atoms with Gasteiger partial charge in [0.05, 0.1) is 7.11 Å². The lowest BCUT2D eigenvalue weighted by atomic mass is 9.99. The van der Waals surface area contributed by atoms with E-state index >= 15 is 0 Å². The molecule has 0 aromatic heterocycles. The van der Waals surface area contributed by atoms with Gasteiger partial charge in [-0.25, -0.2) is 13.1 Å². The van der Waals surface area contributed by atoms with Crippen molar-refractivity contribution >= 4 is 16.0 Å². The van der Waals surface area contributed by atoms with Crippen LogP contribution in [0.5, 0.6) is 0 Å². The van der Waals surface area contributed by atoms with Gasteiger partial charge < -0.3 is 10.5 Å². The number of ether oxygens (including phenoxy) is 1. The Morgan fingerprint density at radius 1 is 1.47 bits per heavy atom. The molecule has 1 aliphatic rings. The molecule has 1 rings (SSSR count). The van der Waals surface area contributed by atoms with Gasteiger partial charge in [0.25, 0.3) is 0 Å². The standard InChI is InChI=1S/C10H20N2O4S/c1-16-10(13)7-17(14,15)12-9(6-11)8-4-2-3-5-8/h8-9,12H,2-7,11H2,1H3. The van der Waals surface area contributed by atoms with Crippen molar-refractivity contribution in [3.63, 3.8) is 0 Å². The van der Waals surface area contributed by atoms with Crippen molar-refractivity contribution in [1.82, 2.24) is 4.72 Å². The van der Waals surface area contributed by atoms with E-state index in [1.807, 2.05) is 0 Å².